The van der Waals surface area contributed by atoms with E-state index in [2.05, 4.69) is 20.9 Å². The number of ketones is 1. The van der Waals surface area contributed by atoms with Gasteiger partial charge in [0.2, 0.25) is 5.91 Å². The van der Waals surface area contributed by atoms with Crippen molar-refractivity contribution in [2.24, 2.45) is 5.73 Å². The van der Waals surface area contributed by atoms with Gasteiger partial charge < -0.3 is 5.73 Å². The Balaban J connectivity index is 2.08. The van der Waals surface area contributed by atoms with Crippen molar-refractivity contribution < 1.29 is 9.59 Å². The van der Waals surface area contributed by atoms with E-state index in [4.69, 9.17) is 5.73 Å². The summed E-state index contributed by atoms with van der Waals surface area (Å²) < 4.78 is 1.72. The number of thiazole rings is 1. The van der Waals surface area contributed by atoms with Crippen molar-refractivity contribution in [2.45, 2.75) is 29.9 Å². The number of halogens is 1. The molecule has 1 heterocycles. The van der Waals surface area contributed by atoms with Gasteiger partial charge >= 0.3 is 0 Å². The molecular weight excluding hydrogens is 384 g/mol. The number of nitrogens with two attached hydrogens (primary N) is 1. The molecule has 0 aliphatic rings. The van der Waals surface area contributed by atoms with Gasteiger partial charge in [0.1, 0.15) is 0 Å². The number of thioether (sulfide) groups is 1. The van der Waals surface area contributed by atoms with E-state index in [1.807, 2.05) is 26.0 Å². The van der Waals surface area contributed by atoms with E-state index < -0.39 is 0 Å². The summed E-state index contributed by atoms with van der Waals surface area (Å²) >= 11 is 6.18. The Labute approximate surface area is 145 Å². The Hall–Kier alpha value is -1.18. The lowest BCUT2D eigenvalue weighted by molar-refractivity contribution is -0.117. The maximum absolute atomic E-state index is 12.4. The first-order valence-electron chi connectivity index (χ1n) is 6.58. The van der Waals surface area contributed by atoms with E-state index in [9.17, 15) is 9.59 Å². The summed E-state index contributed by atoms with van der Waals surface area (Å²) in [6.45, 7) is 3.71. The van der Waals surface area contributed by atoms with Crippen LogP contribution in [0.15, 0.2) is 33.1 Å². The quantitative estimate of drug-likeness (QED) is 0.595. The third kappa shape index (κ3) is 4.41. The minimum atomic E-state index is -0.373. The van der Waals surface area contributed by atoms with Gasteiger partial charge in [-0.15, -0.1) is 11.3 Å². The van der Waals surface area contributed by atoms with Gasteiger partial charge in [-0.05, 0) is 26.0 Å². The van der Waals surface area contributed by atoms with Gasteiger partial charge in [0.15, 0.2) is 10.1 Å². The molecule has 1 unspecified atom stereocenters. The monoisotopic (exact) mass is 398 g/mol. The molecule has 7 heteroatoms. The number of benzene rings is 1. The number of amides is 1. The summed E-state index contributed by atoms with van der Waals surface area (Å²) in [6.07, 6.45) is 0.194. The second-order valence-electron chi connectivity index (χ2n) is 4.76. The Morgan fingerprint density at radius 2 is 2.00 bits per heavy atom. The summed E-state index contributed by atoms with van der Waals surface area (Å²) in [5, 5.41) is -0.242. The van der Waals surface area contributed by atoms with Crippen LogP contribution in [-0.4, -0.2) is 21.9 Å². The third-order valence-corrected chi connectivity index (χ3v) is 5.86. The van der Waals surface area contributed by atoms with Crippen LogP contribution >= 0.6 is 39.0 Å². The van der Waals surface area contributed by atoms with E-state index in [0.29, 0.717) is 5.56 Å². The zero-order valence-corrected chi connectivity index (χ0v) is 15.3. The molecule has 0 fully saturated rings. The molecule has 4 nitrogen and oxygen atoms in total. The molecule has 1 aromatic heterocycles. The highest BCUT2D eigenvalue weighted by atomic mass is 79.9. The molecule has 0 saturated carbocycles. The Morgan fingerprint density at radius 1 is 1.36 bits per heavy atom. The summed E-state index contributed by atoms with van der Waals surface area (Å²) in [4.78, 5) is 28.7. The number of aryl methyl sites for hydroxylation is 1. The molecular formula is C15H15BrN2O2S2. The SMILES string of the molecule is Cc1nc(SC(C)C(=O)c2ccc(Br)cc2)sc1CC(N)=O. The number of Topliss-reactive ketones (excluding diaryl/α,β-unsaturated/α-hetero) is 1. The third-order valence-electron chi connectivity index (χ3n) is 2.98. The summed E-state index contributed by atoms with van der Waals surface area (Å²) in [6, 6.07) is 7.30. The highest BCUT2D eigenvalue weighted by molar-refractivity contribution is 9.10. The fraction of sp³-hybridized carbons (Fsp3) is 0.267. The molecule has 1 atom stereocenters. The maximum Gasteiger partial charge on any atom is 0.222 e. The number of carbonyl (C=O) groups excluding carboxylic acids is 2. The first-order chi connectivity index (χ1) is 10.4. The van der Waals surface area contributed by atoms with Gasteiger partial charge in [-0.3, -0.25) is 9.59 Å². The molecule has 0 radical (unpaired) electrons. The molecule has 22 heavy (non-hydrogen) atoms. The van der Waals surface area contributed by atoms with Crippen LogP contribution in [0.5, 0.6) is 0 Å². The van der Waals surface area contributed by atoms with E-state index in [-0.39, 0.29) is 23.4 Å². The predicted molar refractivity (Wildman–Crippen MR) is 93.5 cm³/mol. The van der Waals surface area contributed by atoms with E-state index in [1.54, 1.807) is 12.1 Å². The molecule has 2 rings (SSSR count). The van der Waals surface area contributed by atoms with Gasteiger partial charge in [-0.2, -0.15) is 0 Å². The van der Waals surface area contributed by atoms with Crippen molar-refractivity contribution in [1.82, 2.24) is 4.98 Å². The highest BCUT2D eigenvalue weighted by Gasteiger charge is 2.19. The van der Waals surface area contributed by atoms with Gasteiger partial charge in [0, 0.05) is 14.9 Å². The lowest BCUT2D eigenvalue weighted by atomic mass is 10.1. The molecule has 0 spiro atoms. The highest BCUT2D eigenvalue weighted by Crippen LogP contribution is 2.31. The van der Waals surface area contributed by atoms with Gasteiger partial charge in [0.25, 0.3) is 0 Å². The fourth-order valence-corrected chi connectivity index (χ4v) is 4.56. The average molecular weight is 399 g/mol. The van der Waals surface area contributed by atoms with Crippen LogP contribution in [0.4, 0.5) is 0 Å². The molecule has 116 valence electrons. The second-order valence-corrected chi connectivity index (χ2v) is 8.35. The average Bonchev–Trinajstić information content (AvgIpc) is 2.78. The van der Waals surface area contributed by atoms with E-state index in [0.717, 1.165) is 19.4 Å². The minimum absolute atomic E-state index is 0.0572. The molecule has 0 aliphatic heterocycles. The molecule has 1 aromatic carbocycles. The maximum atomic E-state index is 12.4. The van der Waals surface area contributed by atoms with Crippen LogP contribution < -0.4 is 5.73 Å². The minimum Gasteiger partial charge on any atom is -0.369 e. The van der Waals surface area contributed by atoms with Gasteiger partial charge in [-0.25, -0.2) is 4.98 Å². The van der Waals surface area contributed by atoms with Crippen LogP contribution in [0.1, 0.15) is 27.9 Å². The summed E-state index contributed by atoms with van der Waals surface area (Å²) in [5.74, 6) is -0.316. The van der Waals surface area contributed by atoms with E-state index >= 15 is 0 Å². The fourth-order valence-electron chi connectivity index (χ4n) is 1.83. The number of nitrogens with zero attached hydrogens (tertiary/aromatic N) is 1. The molecule has 2 aromatic rings. The number of hydrogen-bond acceptors (Lipinski definition) is 5. The van der Waals surface area contributed by atoms with Crippen molar-refractivity contribution >= 4 is 50.7 Å². The zero-order valence-electron chi connectivity index (χ0n) is 12.1. The largest absolute Gasteiger partial charge is 0.369 e. The second kappa shape index (κ2) is 7.39. The predicted octanol–water partition coefficient (Wildman–Crippen LogP) is 3.61. The lowest BCUT2D eigenvalue weighted by Crippen LogP contribution is -2.13. The zero-order chi connectivity index (χ0) is 16.3. The van der Waals surface area contributed by atoms with Crippen molar-refractivity contribution in [3.05, 3.63) is 44.9 Å². The number of rotatable bonds is 6. The van der Waals surface area contributed by atoms with Crippen LogP contribution in [-0.2, 0) is 11.2 Å². The van der Waals surface area contributed by atoms with Crippen LogP contribution in [0, 0.1) is 6.92 Å². The van der Waals surface area contributed by atoms with E-state index in [1.165, 1.54) is 23.1 Å². The van der Waals surface area contributed by atoms with Crippen molar-refractivity contribution in [3.8, 4) is 0 Å². The number of carbonyl (C=O) groups is 2. The molecule has 2 N–H and O–H groups in total. The Morgan fingerprint density at radius 3 is 2.59 bits per heavy atom. The number of aromatic nitrogens is 1. The van der Waals surface area contributed by atoms with Gasteiger partial charge in [-0.1, -0.05) is 39.8 Å². The Kier molecular flexibility index (Phi) is 5.77. The molecule has 0 aliphatic carbocycles. The lowest BCUT2D eigenvalue weighted by Gasteiger charge is -2.08. The van der Waals surface area contributed by atoms with Gasteiger partial charge in [0.05, 0.1) is 17.4 Å². The molecule has 1 amide bonds. The standard InChI is InChI=1S/C15H15BrN2O2S2/c1-8-12(7-13(17)19)22-15(18-8)21-9(2)14(20)10-3-5-11(16)6-4-10/h3-6,9H,7H2,1-2H3,(H2,17,19). The molecule has 0 saturated heterocycles. The summed E-state index contributed by atoms with van der Waals surface area (Å²) in [5.41, 5.74) is 6.69. The summed E-state index contributed by atoms with van der Waals surface area (Å²) in [7, 11) is 0. The van der Waals surface area contributed by atoms with Crippen LogP contribution in [0.3, 0.4) is 0 Å². The van der Waals surface area contributed by atoms with Crippen molar-refractivity contribution in [1.29, 1.82) is 0 Å². The molecule has 0 bridgehead atoms. The van der Waals surface area contributed by atoms with Crippen LogP contribution in [0.2, 0.25) is 0 Å². The smallest absolute Gasteiger partial charge is 0.222 e. The first kappa shape index (κ1) is 17.2. The van der Waals surface area contributed by atoms with Crippen molar-refractivity contribution in [2.75, 3.05) is 0 Å². The first-order valence-corrected chi connectivity index (χ1v) is 9.06. The number of primary amides is 1. The topological polar surface area (TPSA) is 73.1 Å². The number of hydrogen-bond donors (Lipinski definition) is 1. The van der Waals surface area contributed by atoms with Crippen molar-refractivity contribution in [3.63, 3.8) is 0 Å². The Bertz CT molecular complexity index is 698. The van der Waals surface area contributed by atoms with Crippen LogP contribution in [0.25, 0.3) is 0 Å². The normalized spacial score (nSPS) is 12.1.